The Hall–Kier alpha value is -13.3. The van der Waals surface area contributed by atoms with Gasteiger partial charge in [-0.15, -0.1) is 0 Å². The van der Waals surface area contributed by atoms with Gasteiger partial charge in [-0.2, -0.15) is 59.8 Å². The van der Waals surface area contributed by atoms with Gasteiger partial charge >= 0.3 is 6.01 Å². The molecule has 36 nitrogen and oxygen atoms in total. The van der Waals surface area contributed by atoms with Crippen molar-refractivity contribution in [3.63, 3.8) is 0 Å². The van der Waals surface area contributed by atoms with E-state index in [1.165, 1.54) is 129 Å². The minimum atomic E-state index is 0.187. The molecule has 0 unspecified atom stereocenters. The van der Waals surface area contributed by atoms with E-state index in [0.717, 1.165) is 164 Å². The highest BCUT2D eigenvalue weighted by molar-refractivity contribution is 5.64. The Labute approximate surface area is 843 Å². The van der Waals surface area contributed by atoms with Gasteiger partial charge in [0, 0.05) is 184 Å². The van der Waals surface area contributed by atoms with E-state index in [4.69, 9.17) is 57.6 Å². The fraction of sp³-hybridized carbons (Fsp3) is 0.505. The van der Waals surface area contributed by atoms with Crippen LogP contribution in [0.2, 0.25) is 0 Å². The predicted molar refractivity (Wildman–Crippen MR) is 593 cm³/mol. The van der Waals surface area contributed by atoms with Crippen LogP contribution in [0.15, 0.2) is 199 Å². The molecule has 0 atom stereocenters. The number of nitrogens with one attached hydrogen (secondary N) is 7. The average molecular weight is 1940 g/mol. The number of rotatable bonds is 67. The summed E-state index contributed by atoms with van der Waals surface area (Å²) in [6.07, 6.45) is 38.3. The summed E-state index contributed by atoms with van der Waals surface area (Å²) in [6, 6.07) is 30.4. The Balaban J connectivity index is 0.000000262. The maximum absolute atomic E-state index is 6.07. The maximum Gasteiger partial charge on any atom is 0.328 e. The fourth-order valence-corrected chi connectivity index (χ4v) is 15.0. The summed E-state index contributed by atoms with van der Waals surface area (Å²) in [5.41, 5.74) is 29.1. The number of aromatic nitrogens is 12. The zero-order chi connectivity index (χ0) is 101. The largest absolute Gasteiger partial charge is 0.424 e. The molecule has 4 aromatic heterocycles. The van der Waals surface area contributed by atoms with E-state index in [9.17, 15) is 0 Å². The van der Waals surface area contributed by atoms with Gasteiger partial charge in [0.25, 0.3) is 0 Å². The van der Waals surface area contributed by atoms with Gasteiger partial charge in [-0.1, -0.05) is 171 Å². The minimum absolute atomic E-state index is 0.187. The summed E-state index contributed by atoms with van der Waals surface area (Å²) in [6.45, 7) is 63.7. The summed E-state index contributed by atoms with van der Waals surface area (Å²) < 4.78 is 5.81. The van der Waals surface area contributed by atoms with Gasteiger partial charge in [-0.05, 0) is 232 Å². The number of likely N-dealkylation sites (N-methyl/N-ethyl adjacent to an activating group) is 2. The molecule has 0 spiro atoms. The van der Waals surface area contributed by atoms with Crippen molar-refractivity contribution in [2.75, 3.05) is 265 Å². The van der Waals surface area contributed by atoms with Crippen LogP contribution in [-0.2, 0) is 0 Å². The van der Waals surface area contributed by atoms with Crippen LogP contribution in [0.1, 0.15) is 163 Å². The Morgan fingerprint density at radius 3 is 0.986 bits per heavy atom. The van der Waals surface area contributed by atoms with Gasteiger partial charge in [0.15, 0.2) is 0 Å². The third kappa shape index (κ3) is 45.2. The number of piperazine rings is 2. The van der Waals surface area contributed by atoms with Crippen molar-refractivity contribution < 1.29 is 4.74 Å². The molecule has 0 saturated carbocycles. The Morgan fingerprint density at radius 2 is 0.624 bits per heavy atom. The lowest BCUT2D eigenvalue weighted by Gasteiger charge is -2.34. The van der Waals surface area contributed by atoms with E-state index >= 15 is 0 Å². The number of ether oxygens (including phenoxy) is 1. The monoisotopic (exact) mass is 1940 g/mol. The van der Waals surface area contributed by atoms with Crippen LogP contribution in [0.25, 0.3) is 0 Å². The van der Waals surface area contributed by atoms with Crippen LogP contribution in [0.5, 0.6) is 11.8 Å². The standard InChI is InChI=1S/C41H77N9.C23H32N8O.C22H31N9.C19H29N9/c1-6-11-16-20-30-48(31-21-17-12-7-2)35-28-43-39-45-40(44-29-36-49(32-22-18-13-8-3)33-23-19-14-9-4)47-41(46-39)50(34-15-10-5)38-26-24-37(42)25-27-38;1-5-30(6-2)17-9-15-25-21-27-22(26-16-10-18-31(7-3)8-4)29-23(28-21)32-20-13-11-19(24)12-14-20;1-6-30(7-2)16-14-24-20-26-21(25-15-17-31(8-3)9-4)28-22(27-20)29(5)19-12-10-18(23)11-13-19;1-25-7-11-27(12-8-25)18-22-17(21-16-5-3-15(20)4-6-16)23-19(24-18)28-13-9-26(2)10-14-28/h24-27H,6-23,28-36,42H2,1-5H3,(H2,43,44,45,46,47);5-8,11-14H,1-4,9-10,15-18,24H2,(H2,25,26,27,28,29);6-13H,1-4,14-17,23H2,5H3,(H2,24,25,26,27,28);3-6H,7-14,20H2,1-2H3,(H,21,22,23,24). The normalized spacial score (nSPS) is 12.3. The molecule has 4 aromatic carbocycles. The van der Waals surface area contributed by atoms with Crippen molar-refractivity contribution in [1.82, 2.24) is 99.0 Å². The molecule has 0 amide bonds. The molecule has 770 valence electrons. The van der Waals surface area contributed by atoms with Crippen LogP contribution >= 0.6 is 0 Å². The second kappa shape index (κ2) is 67.9. The number of unbranched alkanes of at least 4 members (excludes halogenated alkanes) is 13. The molecule has 6 heterocycles. The maximum atomic E-state index is 6.07. The number of anilines is 18. The number of nitrogen functional groups attached to an aromatic ring is 4. The van der Waals surface area contributed by atoms with Gasteiger partial charge in [0.1, 0.15) is 5.75 Å². The summed E-state index contributed by atoms with van der Waals surface area (Å²) in [7, 11) is 6.19. The number of benzene rings is 4. The third-order valence-electron chi connectivity index (χ3n) is 23.7. The van der Waals surface area contributed by atoms with Crippen LogP contribution in [0.3, 0.4) is 0 Å². The third-order valence-corrected chi connectivity index (χ3v) is 23.7. The first-order valence-corrected chi connectivity index (χ1v) is 50.9. The molecule has 0 radical (unpaired) electrons. The van der Waals surface area contributed by atoms with Crippen LogP contribution < -0.4 is 84.5 Å². The summed E-state index contributed by atoms with van der Waals surface area (Å²) in [5, 5.41) is 23.4. The van der Waals surface area contributed by atoms with Gasteiger partial charge in [0.2, 0.25) is 65.4 Å². The lowest BCUT2D eigenvalue weighted by molar-refractivity contribution is 0.270. The second-order valence-corrected chi connectivity index (χ2v) is 34.9. The van der Waals surface area contributed by atoms with Crippen molar-refractivity contribution >= 4 is 105 Å². The predicted octanol–water partition coefficient (Wildman–Crippen LogP) is 18.1. The van der Waals surface area contributed by atoms with Gasteiger partial charge in [-0.25, -0.2) is 0 Å². The number of hydrogen-bond donors (Lipinski definition) is 11. The average Bonchev–Trinajstić information content (AvgIpc) is 0.886. The van der Waals surface area contributed by atoms with Gasteiger partial charge < -0.3 is 124 Å². The molecule has 2 saturated heterocycles. The number of hydrogen-bond acceptors (Lipinski definition) is 36. The van der Waals surface area contributed by atoms with Crippen molar-refractivity contribution in [1.29, 1.82) is 0 Å². The van der Waals surface area contributed by atoms with Crippen molar-refractivity contribution in [2.24, 2.45) is 0 Å². The summed E-state index contributed by atoms with van der Waals surface area (Å²) in [5.74, 6) is 6.89. The van der Waals surface area contributed by atoms with Crippen molar-refractivity contribution in [3.05, 3.63) is 199 Å². The fourth-order valence-electron chi connectivity index (χ4n) is 15.0. The first kappa shape index (κ1) is 115. The smallest absolute Gasteiger partial charge is 0.328 e. The molecular formula is C105H169N35O. The lowest BCUT2D eigenvalue weighted by atomic mass is 10.1. The van der Waals surface area contributed by atoms with Gasteiger partial charge in [0.05, 0.1) is 0 Å². The molecule has 2 aliphatic heterocycles. The highest BCUT2D eigenvalue weighted by Gasteiger charge is 2.25. The zero-order valence-electron chi connectivity index (χ0n) is 86.3. The quantitative estimate of drug-likeness (QED) is 0.0125. The van der Waals surface area contributed by atoms with Gasteiger partial charge in [-0.3, -0.25) is 0 Å². The second-order valence-electron chi connectivity index (χ2n) is 34.9. The van der Waals surface area contributed by atoms with Crippen molar-refractivity contribution in [3.8, 4) is 11.8 Å². The first-order valence-electron chi connectivity index (χ1n) is 50.9. The van der Waals surface area contributed by atoms with Crippen LogP contribution in [0, 0.1) is 0 Å². The molecule has 8 aromatic rings. The SMILES string of the molecule is C=CN(C=C)CCCNc1nc(NCCCN(C=C)C=C)nc(Oc2ccc(N)cc2)n1.C=CN(C=C)CCNc1nc(NCCN(C=C)C=C)nc(N(C)c2ccc(N)cc2)n1.CCCCCCN(CCCCCC)CCNc1nc(NCCN(CCCCCC)CCCCCC)nc(N(CCCC)c2ccc(N)cc2)n1.CN1CCN(c2nc(Nc3ccc(N)cc3)nc(N3CCN(C)CC3)n2)CC1. The molecule has 15 N–H and O–H groups in total. The Morgan fingerprint density at radius 1 is 0.305 bits per heavy atom. The minimum Gasteiger partial charge on any atom is -0.424 e. The molecule has 36 heteroatoms. The molecule has 0 aliphatic carbocycles. The van der Waals surface area contributed by atoms with Crippen LogP contribution in [0.4, 0.5) is 105 Å². The Bertz CT molecular complexity index is 4560. The Kier molecular flexibility index (Phi) is 55.2. The highest BCUT2D eigenvalue weighted by atomic mass is 16.5. The van der Waals surface area contributed by atoms with E-state index in [1.807, 2.05) is 92.2 Å². The summed E-state index contributed by atoms with van der Waals surface area (Å²) in [4.78, 5) is 82.1. The zero-order valence-corrected chi connectivity index (χ0v) is 86.3. The van der Waals surface area contributed by atoms with Crippen LogP contribution in [-0.4, -0.2) is 284 Å². The molecule has 2 aliphatic rings. The number of nitrogens with two attached hydrogens (primary N) is 4. The molecular weight excluding hydrogens is 1770 g/mol. The van der Waals surface area contributed by atoms with E-state index in [0.29, 0.717) is 110 Å². The highest BCUT2D eigenvalue weighted by Crippen LogP contribution is 2.30. The summed E-state index contributed by atoms with van der Waals surface area (Å²) >= 11 is 0. The van der Waals surface area contributed by atoms with E-state index < -0.39 is 0 Å². The number of nitrogens with zero attached hydrogens (tertiary/aromatic N) is 24. The van der Waals surface area contributed by atoms with Crippen molar-refractivity contribution in [2.45, 2.75) is 163 Å². The molecule has 10 rings (SSSR count). The van der Waals surface area contributed by atoms with E-state index in [2.05, 4.69) is 215 Å². The topological polar surface area (TPSA) is 391 Å². The van der Waals surface area contributed by atoms with E-state index in [1.54, 1.807) is 73.9 Å². The van der Waals surface area contributed by atoms with E-state index in [-0.39, 0.29) is 6.01 Å². The first-order chi connectivity index (χ1) is 68.7. The molecule has 0 bridgehead atoms. The lowest BCUT2D eigenvalue weighted by Crippen LogP contribution is -2.46. The molecule has 2 fully saturated rings. The molecule has 141 heavy (non-hydrogen) atoms.